The fourth-order valence-electron chi connectivity index (χ4n) is 1.52. The lowest BCUT2D eigenvalue weighted by molar-refractivity contribution is 0.913. The van der Waals surface area contributed by atoms with E-state index in [-0.39, 0.29) is 0 Å². The Bertz CT molecular complexity index is 437. The molecule has 2 aromatic rings. The van der Waals surface area contributed by atoms with Gasteiger partial charge in [0.1, 0.15) is 0 Å². The maximum Gasteiger partial charge on any atom is 0.0951 e. The van der Waals surface area contributed by atoms with Gasteiger partial charge in [-0.3, -0.25) is 0 Å². The number of nitrogen functional groups attached to an aromatic ring is 1. The number of imidazole rings is 1. The summed E-state index contributed by atoms with van der Waals surface area (Å²) in [7, 11) is 1.95. The lowest BCUT2D eigenvalue weighted by Crippen LogP contribution is -1.87. The number of hydrogen-bond acceptors (Lipinski definition) is 2. The molecule has 1 heterocycles. The van der Waals surface area contributed by atoms with Gasteiger partial charge in [-0.15, -0.1) is 0 Å². The summed E-state index contributed by atoms with van der Waals surface area (Å²) in [6, 6.07) is 5.97. The molecular formula is C11H13N3. The quantitative estimate of drug-likeness (QED) is 0.694. The molecule has 0 unspecified atom stereocenters. The van der Waals surface area contributed by atoms with Crippen LogP contribution in [0.2, 0.25) is 0 Å². The standard InChI is InChI=1S/C11H13N3/c1-8-3-9(5-10(12)4-8)11-6-14(2)7-13-11/h3-7H,12H2,1-2H3. The van der Waals surface area contributed by atoms with Gasteiger partial charge < -0.3 is 10.3 Å². The van der Waals surface area contributed by atoms with E-state index in [1.807, 2.05) is 36.9 Å². The topological polar surface area (TPSA) is 43.8 Å². The van der Waals surface area contributed by atoms with E-state index in [2.05, 4.69) is 11.1 Å². The van der Waals surface area contributed by atoms with E-state index in [0.717, 1.165) is 22.5 Å². The molecule has 0 atom stereocenters. The normalized spacial score (nSPS) is 10.4. The van der Waals surface area contributed by atoms with Gasteiger partial charge in [0.2, 0.25) is 0 Å². The predicted molar refractivity (Wildman–Crippen MR) is 57.8 cm³/mol. The van der Waals surface area contributed by atoms with Crippen LogP contribution in [0.3, 0.4) is 0 Å². The van der Waals surface area contributed by atoms with Crippen LogP contribution >= 0.6 is 0 Å². The molecule has 1 aromatic carbocycles. The van der Waals surface area contributed by atoms with Gasteiger partial charge in [-0.25, -0.2) is 4.98 Å². The molecule has 3 heteroatoms. The Balaban J connectivity index is 2.51. The number of benzene rings is 1. The van der Waals surface area contributed by atoms with Crippen LogP contribution in [0.4, 0.5) is 5.69 Å². The Labute approximate surface area is 83.2 Å². The van der Waals surface area contributed by atoms with Crippen molar-refractivity contribution in [1.82, 2.24) is 9.55 Å². The van der Waals surface area contributed by atoms with E-state index >= 15 is 0 Å². The van der Waals surface area contributed by atoms with E-state index in [9.17, 15) is 0 Å². The molecule has 2 N–H and O–H groups in total. The van der Waals surface area contributed by atoms with Gasteiger partial charge in [0.05, 0.1) is 12.0 Å². The molecule has 1 aromatic heterocycles. The Morgan fingerprint density at radius 3 is 2.64 bits per heavy atom. The first kappa shape index (κ1) is 8.81. The van der Waals surface area contributed by atoms with Crippen LogP contribution < -0.4 is 5.73 Å². The van der Waals surface area contributed by atoms with Crippen molar-refractivity contribution >= 4 is 5.69 Å². The first-order chi connectivity index (χ1) is 6.65. The molecule has 0 fully saturated rings. The average molecular weight is 187 g/mol. The third-order valence-electron chi connectivity index (χ3n) is 2.10. The fourth-order valence-corrected chi connectivity index (χ4v) is 1.52. The number of nitrogens with two attached hydrogens (primary N) is 1. The van der Waals surface area contributed by atoms with Crippen LogP contribution in [-0.2, 0) is 7.05 Å². The van der Waals surface area contributed by atoms with Gasteiger partial charge >= 0.3 is 0 Å². The van der Waals surface area contributed by atoms with Crippen LogP contribution in [0.5, 0.6) is 0 Å². The van der Waals surface area contributed by atoms with Crippen molar-refractivity contribution < 1.29 is 0 Å². The highest BCUT2D eigenvalue weighted by Gasteiger charge is 2.02. The van der Waals surface area contributed by atoms with Gasteiger partial charge in [-0.1, -0.05) is 0 Å². The highest BCUT2D eigenvalue weighted by Crippen LogP contribution is 2.21. The summed E-state index contributed by atoms with van der Waals surface area (Å²) < 4.78 is 1.92. The zero-order chi connectivity index (χ0) is 10.1. The zero-order valence-electron chi connectivity index (χ0n) is 8.36. The minimum atomic E-state index is 0.783. The number of nitrogens with zero attached hydrogens (tertiary/aromatic N) is 2. The number of rotatable bonds is 1. The zero-order valence-corrected chi connectivity index (χ0v) is 8.36. The molecule has 14 heavy (non-hydrogen) atoms. The molecule has 3 nitrogen and oxygen atoms in total. The molecule has 0 saturated heterocycles. The Morgan fingerprint density at radius 1 is 1.29 bits per heavy atom. The predicted octanol–water partition coefficient (Wildman–Crippen LogP) is 1.98. The maximum atomic E-state index is 5.77. The fraction of sp³-hybridized carbons (Fsp3) is 0.182. The van der Waals surface area contributed by atoms with Crippen molar-refractivity contribution in [1.29, 1.82) is 0 Å². The van der Waals surface area contributed by atoms with Gasteiger partial charge in [0.15, 0.2) is 0 Å². The highest BCUT2D eigenvalue weighted by molar-refractivity contribution is 5.64. The summed E-state index contributed by atoms with van der Waals surface area (Å²) in [5, 5.41) is 0. The van der Waals surface area contributed by atoms with Crippen LogP contribution in [-0.4, -0.2) is 9.55 Å². The summed E-state index contributed by atoms with van der Waals surface area (Å²) in [4.78, 5) is 4.28. The molecule has 2 rings (SSSR count). The van der Waals surface area contributed by atoms with Crippen LogP contribution in [0, 0.1) is 6.92 Å². The summed E-state index contributed by atoms with van der Waals surface area (Å²) in [6.07, 6.45) is 3.77. The third-order valence-corrected chi connectivity index (χ3v) is 2.10. The minimum absolute atomic E-state index is 0.783. The Kier molecular flexibility index (Phi) is 2.00. The minimum Gasteiger partial charge on any atom is -0.399 e. The average Bonchev–Trinajstić information content (AvgIpc) is 2.50. The third kappa shape index (κ3) is 1.62. The first-order valence-corrected chi connectivity index (χ1v) is 4.50. The molecule has 0 amide bonds. The van der Waals surface area contributed by atoms with Gasteiger partial charge in [0, 0.05) is 24.5 Å². The van der Waals surface area contributed by atoms with Gasteiger partial charge in [-0.2, -0.15) is 0 Å². The van der Waals surface area contributed by atoms with Gasteiger partial charge in [0.25, 0.3) is 0 Å². The molecule has 0 bridgehead atoms. The van der Waals surface area contributed by atoms with Crippen molar-refractivity contribution in [2.45, 2.75) is 6.92 Å². The molecular weight excluding hydrogens is 174 g/mol. The largest absolute Gasteiger partial charge is 0.399 e. The number of hydrogen-bond donors (Lipinski definition) is 1. The summed E-state index contributed by atoms with van der Waals surface area (Å²) in [6.45, 7) is 2.03. The van der Waals surface area contributed by atoms with E-state index in [4.69, 9.17) is 5.73 Å². The Hall–Kier alpha value is -1.77. The van der Waals surface area contributed by atoms with Crippen LogP contribution in [0.15, 0.2) is 30.7 Å². The van der Waals surface area contributed by atoms with E-state index in [1.54, 1.807) is 6.33 Å². The van der Waals surface area contributed by atoms with Crippen molar-refractivity contribution in [2.75, 3.05) is 5.73 Å². The van der Waals surface area contributed by atoms with E-state index < -0.39 is 0 Å². The maximum absolute atomic E-state index is 5.77. The summed E-state index contributed by atoms with van der Waals surface area (Å²) in [5.41, 5.74) is 9.74. The molecule has 0 saturated carbocycles. The monoisotopic (exact) mass is 187 g/mol. The lowest BCUT2D eigenvalue weighted by atomic mass is 10.1. The molecule has 0 aliphatic heterocycles. The van der Waals surface area contributed by atoms with Crippen LogP contribution in [0.25, 0.3) is 11.3 Å². The molecule has 0 radical (unpaired) electrons. The second-order valence-electron chi connectivity index (χ2n) is 3.56. The Morgan fingerprint density at radius 2 is 2.07 bits per heavy atom. The number of anilines is 1. The van der Waals surface area contributed by atoms with Crippen molar-refractivity contribution in [2.24, 2.45) is 7.05 Å². The van der Waals surface area contributed by atoms with Crippen LogP contribution in [0.1, 0.15) is 5.56 Å². The van der Waals surface area contributed by atoms with E-state index in [0.29, 0.717) is 0 Å². The molecule has 0 aliphatic rings. The summed E-state index contributed by atoms with van der Waals surface area (Å²) >= 11 is 0. The molecule has 0 spiro atoms. The van der Waals surface area contributed by atoms with E-state index in [1.165, 1.54) is 0 Å². The highest BCUT2D eigenvalue weighted by atomic mass is 15.0. The van der Waals surface area contributed by atoms with Crippen molar-refractivity contribution in [3.05, 3.63) is 36.3 Å². The number of aryl methyl sites for hydroxylation is 2. The SMILES string of the molecule is Cc1cc(N)cc(-c2cn(C)cn2)c1. The lowest BCUT2D eigenvalue weighted by Gasteiger charge is -2.01. The smallest absolute Gasteiger partial charge is 0.0951 e. The van der Waals surface area contributed by atoms with Crippen molar-refractivity contribution in [3.8, 4) is 11.3 Å². The summed E-state index contributed by atoms with van der Waals surface area (Å²) in [5.74, 6) is 0. The number of aromatic nitrogens is 2. The second kappa shape index (κ2) is 3.18. The molecule has 0 aliphatic carbocycles. The molecule has 72 valence electrons. The second-order valence-corrected chi connectivity index (χ2v) is 3.56. The van der Waals surface area contributed by atoms with Gasteiger partial charge in [-0.05, 0) is 30.7 Å². The van der Waals surface area contributed by atoms with Crippen molar-refractivity contribution in [3.63, 3.8) is 0 Å². The first-order valence-electron chi connectivity index (χ1n) is 4.50.